The molecule has 0 radical (unpaired) electrons. The van der Waals surface area contributed by atoms with Crippen LogP contribution in [0.15, 0.2) is 58.3 Å². The normalized spacial score (nSPS) is 22.0. The van der Waals surface area contributed by atoms with E-state index in [1.54, 1.807) is 0 Å². The minimum atomic E-state index is -1.26. The van der Waals surface area contributed by atoms with Gasteiger partial charge in [0.1, 0.15) is 0 Å². The highest BCUT2D eigenvalue weighted by molar-refractivity contribution is 7.85. The molecule has 2 aromatic carbocycles. The summed E-state index contributed by atoms with van der Waals surface area (Å²) in [5.41, 5.74) is 1.83. The summed E-state index contributed by atoms with van der Waals surface area (Å²) in [6.07, 6.45) is 0. The second-order valence-electron chi connectivity index (χ2n) is 5.42. The van der Waals surface area contributed by atoms with Gasteiger partial charge in [0.25, 0.3) is 0 Å². The van der Waals surface area contributed by atoms with Gasteiger partial charge in [0.15, 0.2) is 0 Å². The number of nitrogens with zero attached hydrogens (tertiary/aromatic N) is 1. The summed E-state index contributed by atoms with van der Waals surface area (Å²) in [5, 5.41) is 9.43. The first-order valence-corrected chi connectivity index (χ1v) is 8.28. The molecule has 0 saturated carbocycles. The Morgan fingerprint density at radius 1 is 1.10 bits per heavy atom. The summed E-state index contributed by atoms with van der Waals surface area (Å²) in [4.78, 5) is 3.89. The lowest BCUT2D eigenvalue weighted by molar-refractivity contribution is 0.278. The minimum absolute atomic E-state index is 0.0900. The van der Waals surface area contributed by atoms with E-state index in [1.165, 1.54) is 0 Å². The van der Waals surface area contributed by atoms with Crippen molar-refractivity contribution in [2.45, 2.75) is 35.9 Å². The molecule has 3 nitrogen and oxygen atoms in total. The van der Waals surface area contributed by atoms with Crippen molar-refractivity contribution in [3.63, 3.8) is 0 Å². The number of rotatable bonds is 5. The molecular weight excluding hydrogens is 282 g/mol. The fourth-order valence-electron chi connectivity index (χ4n) is 2.48. The van der Waals surface area contributed by atoms with Crippen LogP contribution in [0.2, 0.25) is 0 Å². The van der Waals surface area contributed by atoms with Crippen molar-refractivity contribution in [1.29, 1.82) is 0 Å². The average Bonchev–Trinajstić information content (AvgIpc) is 3.22. The van der Waals surface area contributed by atoms with Gasteiger partial charge in [-0.15, -0.1) is 0 Å². The van der Waals surface area contributed by atoms with Crippen LogP contribution in [0, 0.1) is 0 Å². The number of aliphatic hydroxyl groups is 1. The smallest absolute Gasteiger partial charge is 0.0856 e. The molecule has 110 valence electrons. The van der Waals surface area contributed by atoms with Crippen LogP contribution in [0.4, 0.5) is 0 Å². The van der Waals surface area contributed by atoms with Crippen molar-refractivity contribution >= 4 is 10.8 Å². The van der Waals surface area contributed by atoms with Crippen molar-refractivity contribution in [3.05, 3.63) is 59.7 Å². The lowest BCUT2D eigenvalue weighted by atomic mass is 10.2. The van der Waals surface area contributed by atoms with E-state index in [1.807, 2.05) is 48.5 Å². The quantitative estimate of drug-likeness (QED) is 0.863. The van der Waals surface area contributed by atoms with Crippen LogP contribution in [-0.2, 0) is 24.0 Å². The van der Waals surface area contributed by atoms with Gasteiger partial charge in [0.05, 0.1) is 17.4 Å². The zero-order valence-corrected chi connectivity index (χ0v) is 12.8. The highest BCUT2D eigenvalue weighted by atomic mass is 32.2. The molecule has 3 rings (SSSR count). The Labute approximate surface area is 127 Å². The molecule has 1 N–H and O–H groups in total. The Hall–Kier alpha value is -1.49. The number of hydrogen-bond donors (Lipinski definition) is 1. The van der Waals surface area contributed by atoms with E-state index in [2.05, 4.69) is 11.8 Å². The molecule has 2 aromatic rings. The van der Waals surface area contributed by atoms with Gasteiger partial charge < -0.3 is 5.11 Å². The molecule has 2 unspecified atom stereocenters. The zero-order chi connectivity index (χ0) is 14.8. The van der Waals surface area contributed by atoms with Crippen molar-refractivity contribution in [1.82, 2.24) is 4.90 Å². The largest absolute Gasteiger partial charge is 0.392 e. The highest BCUT2D eigenvalue weighted by Gasteiger charge is 2.29. The van der Waals surface area contributed by atoms with Gasteiger partial charge in [0.2, 0.25) is 0 Å². The van der Waals surface area contributed by atoms with Crippen LogP contribution >= 0.6 is 0 Å². The Balaban J connectivity index is 1.94. The Morgan fingerprint density at radius 3 is 2.19 bits per heavy atom. The molecule has 1 saturated heterocycles. The molecule has 4 heteroatoms. The second kappa shape index (κ2) is 6.10. The summed E-state index contributed by atoms with van der Waals surface area (Å²) in [7, 11) is -1.26. The van der Waals surface area contributed by atoms with Crippen LogP contribution in [-0.4, -0.2) is 26.8 Å². The maximum absolute atomic E-state index is 12.9. The third kappa shape index (κ3) is 3.07. The highest BCUT2D eigenvalue weighted by Crippen LogP contribution is 2.27. The lowest BCUT2D eigenvalue weighted by Gasteiger charge is -2.12. The average molecular weight is 301 g/mol. The van der Waals surface area contributed by atoms with Crippen LogP contribution < -0.4 is 0 Å². The molecule has 3 atom stereocenters. The van der Waals surface area contributed by atoms with Gasteiger partial charge in [-0.2, -0.15) is 0 Å². The van der Waals surface area contributed by atoms with E-state index < -0.39 is 10.8 Å². The van der Waals surface area contributed by atoms with Crippen LogP contribution in [0.1, 0.15) is 18.1 Å². The van der Waals surface area contributed by atoms with Crippen LogP contribution in [0.25, 0.3) is 0 Å². The van der Waals surface area contributed by atoms with E-state index in [0.717, 1.165) is 29.1 Å². The van der Waals surface area contributed by atoms with Gasteiger partial charge in [-0.1, -0.05) is 36.4 Å². The molecule has 1 aliphatic heterocycles. The number of aliphatic hydroxyl groups excluding tert-OH is 1. The molecule has 1 fully saturated rings. The molecule has 0 spiro atoms. The van der Waals surface area contributed by atoms with Crippen molar-refractivity contribution in [2.75, 3.05) is 6.54 Å². The Bertz CT molecular complexity index is 671. The first-order valence-electron chi connectivity index (χ1n) is 7.13. The Kier molecular flexibility index (Phi) is 4.19. The fourth-order valence-corrected chi connectivity index (χ4v) is 3.86. The maximum Gasteiger partial charge on any atom is 0.0856 e. The van der Waals surface area contributed by atoms with Crippen LogP contribution in [0.5, 0.6) is 0 Å². The van der Waals surface area contributed by atoms with E-state index >= 15 is 0 Å². The van der Waals surface area contributed by atoms with Crippen molar-refractivity contribution in [2.24, 2.45) is 0 Å². The topological polar surface area (TPSA) is 40.3 Å². The molecule has 21 heavy (non-hydrogen) atoms. The van der Waals surface area contributed by atoms with Crippen molar-refractivity contribution < 1.29 is 9.32 Å². The van der Waals surface area contributed by atoms with Gasteiger partial charge in [-0.25, -0.2) is 4.21 Å². The standard InChI is InChI=1S/C17H19NO2S/c1-13-10-18(13)11-14-6-2-4-8-16(14)21(20)17-9-5-3-7-15(17)12-19/h2-9,13,19H,10-12H2,1H3/t13-,18?,21?/m0/s1. The number of hydrogen-bond acceptors (Lipinski definition) is 3. The van der Waals surface area contributed by atoms with Gasteiger partial charge in [0, 0.05) is 28.9 Å². The third-order valence-electron chi connectivity index (χ3n) is 3.88. The van der Waals surface area contributed by atoms with Gasteiger partial charge in [-0.3, -0.25) is 4.90 Å². The molecule has 1 aliphatic rings. The summed E-state index contributed by atoms with van der Waals surface area (Å²) in [5.74, 6) is 0. The van der Waals surface area contributed by atoms with Crippen molar-refractivity contribution in [3.8, 4) is 0 Å². The van der Waals surface area contributed by atoms with Gasteiger partial charge >= 0.3 is 0 Å². The third-order valence-corrected chi connectivity index (χ3v) is 5.47. The zero-order valence-electron chi connectivity index (χ0n) is 12.0. The van der Waals surface area contributed by atoms with E-state index in [0.29, 0.717) is 10.9 Å². The SMILES string of the molecule is C[C@H]1CN1Cc1ccccc1S(=O)c1ccccc1CO. The predicted molar refractivity (Wildman–Crippen MR) is 83.4 cm³/mol. The molecule has 0 aromatic heterocycles. The summed E-state index contributed by atoms with van der Waals surface area (Å²) >= 11 is 0. The first-order chi connectivity index (χ1) is 10.2. The Morgan fingerprint density at radius 2 is 1.62 bits per heavy atom. The minimum Gasteiger partial charge on any atom is -0.392 e. The van der Waals surface area contributed by atoms with Crippen LogP contribution in [0.3, 0.4) is 0 Å². The molecular formula is C17H19NO2S. The van der Waals surface area contributed by atoms with E-state index in [9.17, 15) is 9.32 Å². The fraction of sp³-hybridized carbons (Fsp3) is 0.294. The van der Waals surface area contributed by atoms with E-state index in [-0.39, 0.29) is 6.61 Å². The molecule has 0 amide bonds. The second-order valence-corrected chi connectivity index (χ2v) is 6.84. The van der Waals surface area contributed by atoms with E-state index in [4.69, 9.17) is 0 Å². The number of benzene rings is 2. The monoisotopic (exact) mass is 301 g/mol. The molecule has 0 bridgehead atoms. The first kappa shape index (κ1) is 14.4. The molecule has 1 heterocycles. The summed E-state index contributed by atoms with van der Waals surface area (Å²) < 4.78 is 12.9. The summed E-state index contributed by atoms with van der Waals surface area (Å²) in [6.45, 7) is 4.05. The predicted octanol–water partition coefficient (Wildman–Crippen LogP) is 2.55. The molecule has 0 aliphatic carbocycles. The lowest BCUT2D eigenvalue weighted by Crippen LogP contribution is -2.06. The maximum atomic E-state index is 12.9. The van der Waals surface area contributed by atoms with Gasteiger partial charge in [-0.05, 0) is 30.2 Å². The summed E-state index contributed by atoms with van der Waals surface area (Å²) in [6, 6.07) is 15.9.